The normalized spacial score (nSPS) is 11.0. The van der Waals surface area contributed by atoms with E-state index in [2.05, 4.69) is 4.98 Å². The third kappa shape index (κ3) is 2.19. The molecular weight excluding hydrogens is 292 g/mol. The van der Waals surface area contributed by atoms with Crippen LogP contribution in [0.1, 0.15) is 0 Å². The highest BCUT2D eigenvalue weighted by molar-refractivity contribution is 6.31. The molecule has 21 heavy (non-hydrogen) atoms. The molecule has 0 aliphatic rings. The Bertz CT molecular complexity index is 873. The number of nitrogen functional groups attached to an aromatic ring is 1. The monoisotopic (exact) mass is 302 g/mol. The summed E-state index contributed by atoms with van der Waals surface area (Å²) >= 11 is 5.96. The largest absolute Gasteiger partial charge is 0.393 e. The van der Waals surface area contributed by atoms with E-state index in [1.807, 2.05) is 17.7 Å². The van der Waals surface area contributed by atoms with Crippen molar-refractivity contribution in [2.24, 2.45) is 7.05 Å². The van der Waals surface area contributed by atoms with Crippen molar-refractivity contribution in [1.82, 2.24) is 9.55 Å². The van der Waals surface area contributed by atoms with Crippen molar-refractivity contribution in [3.8, 4) is 11.4 Å². The Kier molecular flexibility index (Phi) is 3.03. The second-order valence-corrected chi connectivity index (χ2v) is 5.09. The molecule has 2 aromatic carbocycles. The van der Waals surface area contributed by atoms with Gasteiger partial charge in [-0.05, 0) is 30.3 Å². The first kappa shape index (κ1) is 13.4. The van der Waals surface area contributed by atoms with Gasteiger partial charge in [0.05, 0.1) is 16.0 Å². The smallest absolute Gasteiger partial charge is 0.292 e. The van der Waals surface area contributed by atoms with Gasteiger partial charge < -0.3 is 10.3 Å². The zero-order valence-corrected chi connectivity index (χ0v) is 11.8. The maximum atomic E-state index is 11.0. The molecule has 0 saturated carbocycles. The van der Waals surface area contributed by atoms with E-state index in [-0.39, 0.29) is 11.4 Å². The van der Waals surface area contributed by atoms with E-state index >= 15 is 0 Å². The molecule has 0 atom stereocenters. The first-order valence-electron chi connectivity index (χ1n) is 6.13. The van der Waals surface area contributed by atoms with Crippen molar-refractivity contribution in [2.45, 2.75) is 0 Å². The van der Waals surface area contributed by atoms with Gasteiger partial charge in [0.25, 0.3) is 5.69 Å². The van der Waals surface area contributed by atoms with Crippen LogP contribution in [0.5, 0.6) is 0 Å². The Labute approximate surface area is 124 Å². The molecule has 0 spiro atoms. The van der Waals surface area contributed by atoms with Crippen molar-refractivity contribution in [1.29, 1.82) is 0 Å². The standard InChI is InChI=1S/C14H11ClN4O2/c1-18-12-5-3-9(15)7-11(12)17-14(18)8-2-4-10(16)13(6-8)19(20)21/h2-7H,16H2,1H3. The molecule has 3 rings (SSSR count). The third-order valence-corrected chi connectivity index (χ3v) is 3.56. The van der Waals surface area contributed by atoms with E-state index in [1.54, 1.807) is 18.2 Å². The first-order chi connectivity index (χ1) is 9.97. The van der Waals surface area contributed by atoms with Gasteiger partial charge in [-0.2, -0.15) is 0 Å². The summed E-state index contributed by atoms with van der Waals surface area (Å²) in [6.45, 7) is 0. The molecule has 0 saturated heterocycles. The first-order valence-corrected chi connectivity index (χ1v) is 6.51. The average Bonchev–Trinajstić information content (AvgIpc) is 2.75. The van der Waals surface area contributed by atoms with Crippen molar-refractivity contribution in [3.63, 3.8) is 0 Å². The number of anilines is 1. The molecule has 0 fully saturated rings. The topological polar surface area (TPSA) is 87.0 Å². The van der Waals surface area contributed by atoms with Crippen LogP contribution >= 0.6 is 11.6 Å². The molecule has 7 heteroatoms. The number of nitro groups is 1. The number of nitrogens with two attached hydrogens (primary N) is 1. The van der Waals surface area contributed by atoms with Crippen molar-refractivity contribution < 1.29 is 4.92 Å². The fraction of sp³-hybridized carbons (Fsp3) is 0.0714. The Morgan fingerprint density at radius 3 is 2.76 bits per heavy atom. The van der Waals surface area contributed by atoms with Gasteiger partial charge in [-0.3, -0.25) is 10.1 Å². The molecule has 6 nitrogen and oxygen atoms in total. The van der Waals surface area contributed by atoms with Crippen molar-refractivity contribution >= 4 is 34.0 Å². The lowest BCUT2D eigenvalue weighted by molar-refractivity contribution is -0.383. The zero-order chi connectivity index (χ0) is 15.1. The summed E-state index contributed by atoms with van der Waals surface area (Å²) in [7, 11) is 1.85. The van der Waals surface area contributed by atoms with Crippen LogP contribution in [0.4, 0.5) is 11.4 Å². The number of halogens is 1. The quantitative estimate of drug-likeness (QED) is 0.446. The molecule has 0 unspecified atom stereocenters. The molecule has 106 valence electrons. The number of nitro benzene ring substituents is 1. The van der Waals surface area contributed by atoms with Crippen LogP contribution in [0.25, 0.3) is 22.4 Å². The van der Waals surface area contributed by atoms with Crippen LogP contribution < -0.4 is 5.73 Å². The van der Waals surface area contributed by atoms with E-state index in [0.29, 0.717) is 16.4 Å². The predicted molar refractivity (Wildman–Crippen MR) is 82.2 cm³/mol. The maximum absolute atomic E-state index is 11.0. The molecule has 0 aliphatic heterocycles. The molecule has 0 amide bonds. The summed E-state index contributed by atoms with van der Waals surface area (Å²) in [5, 5.41) is 11.6. The van der Waals surface area contributed by atoms with Crippen molar-refractivity contribution in [3.05, 3.63) is 51.5 Å². The minimum absolute atomic E-state index is 0.127. The van der Waals surface area contributed by atoms with Gasteiger partial charge in [-0.15, -0.1) is 0 Å². The van der Waals surface area contributed by atoms with Gasteiger partial charge in [-0.25, -0.2) is 4.98 Å². The SMILES string of the molecule is Cn1c(-c2ccc(N)c([N+](=O)[O-])c2)nc2cc(Cl)ccc21. The van der Waals surface area contributed by atoms with Gasteiger partial charge >= 0.3 is 0 Å². The number of hydrogen-bond donors (Lipinski definition) is 1. The van der Waals surface area contributed by atoms with Crippen LogP contribution in [0.3, 0.4) is 0 Å². The summed E-state index contributed by atoms with van der Waals surface area (Å²) in [5.41, 5.74) is 7.88. The van der Waals surface area contributed by atoms with Crippen LogP contribution in [0, 0.1) is 10.1 Å². The van der Waals surface area contributed by atoms with E-state index in [9.17, 15) is 10.1 Å². The van der Waals surface area contributed by atoms with Gasteiger partial charge in [0.1, 0.15) is 11.5 Å². The second kappa shape index (κ2) is 4.75. The minimum atomic E-state index is -0.502. The highest BCUT2D eigenvalue weighted by Crippen LogP contribution is 2.30. The molecule has 3 aromatic rings. The number of imidazole rings is 1. The summed E-state index contributed by atoms with van der Waals surface area (Å²) in [4.78, 5) is 15.0. The molecule has 1 aromatic heterocycles. The average molecular weight is 303 g/mol. The molecule has 2 N–H and O–H groups in total. The zero-order valence-electron chi connectivity index (χ0n) is 11.1. The van der Waals surface area contributed by atoms with Gasteiger partial charge in [-0.1, -0.05) is 11.6 Å². The lowest BCUT2D eigenvalue weighted by atomic mass is 10.1. The highest BCUT2D eigenvalue weighted by atomic mass is 35.5. The molecule has 0 radical (unpaired) electrons. The van der Waals surface area contributed by atoms with Gasteiger partial charge in [0.15, 0.2) is 0 Å². The minimum Gasteiger partial charge on any atom is -0.393 e. The summed E-state index contributed by atoms with van der Waals surface area (Å²) in [6, 6.07) is 10.1. The lowest BCUT2D eigenvalue weighted by Gasteiger charge is -2.04. The molecule has 1 heterocycles. The van der Waals surface area contributed by atoms with Crippen LogP contribution in [-0.4, -0.2) is 14.5 Å². The van der Waals surface area contributed by atoms with Crippen molar-refractivity contribution in [2.75, 3.05) is 5.73 Å². The number of hydrogen-bond acceptors (Lipinski definition) is 4. The van der Waals surface area contributed by atoms with E-state index < -0.39 is 4.92 Å². The van der Waals surface area contributed by atoms with E-state index in [4.69, 9.17) is 17.3 Å². The van der Waals surface area contributed by atoms with Gasteiger partial charge in [0, 0.05) is 23.7 Å². The lowest BCUT2D eigenvalue weighted by Crippen LogP contribution is -1.98. The van der Waals surface area contributed by atoms with Crippen LogP contribution in [0.2, 0.25) is 5.02 Å². The Morgan fingerprint density at radius 1 is 1.29 bits per heavy atom. The Hall–Kier alpha value is -2.60. The number of fused-ring (bicyclic) bond motifs is 1. The molecular formula is C14H11ClN4O2. The molecule has 0 bridgehead atoms. The van der Waals surface area contributed by atoms with E-state index in [0.717, 1.165) is 11.0 Å². The summed E-state index contributed by atoms with van der Waals surface area (Å²) in [6.07, 6.45) is 0. The fourth-order valence-electron chi connectivity index (χ4n) is 2.27. The van der Waals surface area contributed by atoms with Crippen LogP contribution in [0.15, 0.2) is 36.4 Å². The van der Waals surface area contributed by atoms with E-state index in [1.165, 1.54) is 12.1 Å². The third-order valence-electron chi connectivity index (χ3n) is 3.33. The Morgan fingerprint density at radius 2 is 2.05 bits per heavy atom. The summed E-state index contributed by atoms with van der Waals surface area (Å²) < 4.78 is 1.86. The highest BCUT2D eigenvalue weighted by Gasteiger charge is 2.16. The molecule has 0 aliphatic carbocycles. The van der Waals surface area contributed by atoms with Gasteiger partial charge in [0.2, 0.25) is 0 Å². The second-order valence-electron chi connectivity index (χ2n) is 4.66. The number of aromatic nitrogens is 2. The fourth-order valence-corrected chi connectivity index (χ4v) is 2.44. The van der Waals surface area contributed by atoms with Crippen LogP contribution in [-0.2, 0) is 7.05 Å². The Balaban J connectivity index is 2.23. The predicted octanol–water partition coefficient (Wildman–Crippen LogP) is 3.38. The number of aryl methyl sites for hydroxylation is 1. The maximum Gasteiger partial charge on any atom is 0.292 e. The number of rotatable bonds is 2. The number of nitrogens with zero attached hydrogens (tertiary/aromatic N) is 3. The summed E-state index contributed by atoms with van der Waals surface area (Å²) in [5.74, 6) is 0.621. The number of benzene rings is 2.